The van der Waals surface area contributed by atoms with Gasteiger partial charge in [-0.15, -0.1) is 0 Å². The van der Waals surface area contributed by atoms with Crippen LogP contribution in [0.3, 0.4) is 0 Å². The number of aliphatic hydroxyl groups is 2. The smallest absolute Gasteiger partial charge is 0.254 e. The zero-order chi connectivity index (χ0) is 14.0. The molecule has 6 nitrogen and oxygen atoms in total. The normalized spacial score (nSPS) is 22.4. The molecule has 1 aliphatic heterocycles. The van der Waals surface area contributed by atoms with E-state index in [1.807, 2.05) is 0 Å². The molecule has 0 saturated carbocycles. The van der Waals surface area contributed by atoms with Gasteiger partial charge in [-0.1, -0.05) is 0 Å². The van der Waals surface area contributed by atoms with Crippen LogP contribution in [0.25, 0.3) is 0 Å². The van der Waals surface area contributed by atoms with Crippen LogP contribution in [0.4, 0.5) is 0 Å². The molecule has 1 aliphatic rings. The molecule has 2 N–H and O–H groups in total. The molecule has 1 heterocycles. The van der Waals surface area contributed by atoms with Gasteiger partial charge in [-0.25, -0.2) is 0 Å². The number of aliphatic hydroxyl groups excluding tert-OH is 2. The standard InChI is InChI=1S/C13H17NO5/c1-18-11-4-3-8(5-12(11)19-2)13(17)14-6-9(15)10(16)7-14/h3-5,9-10,15-16H,6-7H2,1-2H3/t9-,10+. The second kappa shape index (κ2) is 5.46. The SMILES string of the molecule is COc1ccc(C(=O)N2C[C@@H](O)[C@@H](O)C2)cc1OC. The number of hydrogen-bond donors (Lipinski definition) is 2. The van der Waals surface area contributed by atoms with Crippen molar-refractivity contribution in [2.75, 3.05) is 27.3 Å². The largest absolute Gasteiger partial charge is 0.493 e. The molecule has 2 rings (SSSR count). The fraction of sp³-hybridized carbons (Fsp3) is 0.462. The quantitative estimate of drug-likeness (QED) is 0.798. The van der Waals surface area contributed by atoms with Crippen LogP contribution >= 0.6 is 0 Å². The Balaban J connectivity index is 2.20. The molecular weight excluding hydrogens is 250 g/mol. The van der Waals surface area contributed by atoms with E-state index < -0.39 is 12.2 Å². The Morgan fingerprint density at radius 2 is 1.74 bits per heavy atom. The van der Waals surface area contributed by atoms with Gasteiger partial charge in [0.05, 0.1) is 26.4 Å². The van der Waals surface area contributed by atoms with Gasteiger partial charge in [0.25, 0.3) is 5.91 Å². The fourth-order valence-corrected chi connectivity index (χ4v) is 2.09. The van der Waals surface area contributed by atoms with E-state index in [1.165, 1.54) is 19.1 Å². The van der Waals surface area contributed by atoms with E-state index in [2.05, 4.69) is 0 Å². The average Bonchev–Trinajstić information content (AvgIpc) is 2.77. The van der Waals surface area contributed by atoms with Gasteiger partial charge in [-0.2, -0.15) is 0 Å². The van der Waals surface area contributed by atoms with E-state index in [1.54, 1.807) is 18.2 Å². The summed E-state index contributed by atoms with van der Waals surface area (Å²) in [5.74, 6) is 0.755. The number of rotatable bonds is 3. The van der Waals surface area contributed by atoms with Gasteiger partial charge in [0, 0.05) is 18.7 Å². The van der Waals surface area contributed by atoms with Crippen LogP contribution in [0, 0.1) is 0 Å². The van der Waals surface area contributed by atoms with Gasteiger partial charge < -0.3 is 24.6 Å². The third-order valence-corrected chi connectivity index (χ3v) is 3.18. The summed E-state index contributed by atoms with van der Waals surface area (Å²) in [5.41, 5.74) is 0.430. The number of carbonyl (C=O) groups excluding carboxylic acids is 1. The highest BCUT2D eigenvalue weighted by Crippen LogP contribution is 2.28. The summed E-state index contributed by atoms with van der Waals surface area (Å²) < 4.78 is 10.2. The first-order valence-electron chi connectivity index (χ1n) is 5.94. The van der Waals surface area contributed by atoms with Gasteiger partial charge in [-0.05, 0) is 18.2 Å². The summed E-state index contributed by atoms with van der Waals surface area (Å²) >= 11 is 0. The highest BCUT2D eigenvalue weighted by Gasteiger charge is 2.33. The fourth-order valence-electron chi connectivity index (χ4n) is 2.09. The van der Waals surface area contributed by atoms with E-state index in [4.69, 9.17) is 9.47 Å². The molecule has 0 radical (unpaired) electrons. The van der Waals surface area contributed by atoms with E-state index in [-0.39, 0.29) is 19.0 Å². The number of β-amino-alcohol motifs (C(OH)–C–C–N with tert-alkyl or cyclic N) is 2. The summed E-state index contributed by atoms with van der Waals surface area (Å²) in [6.45, 7) is 0.267. The first kappa shape index (κ1) is 13.6. The topological polar surface area (TPSA) is 79.2 Å². The van der Waals surface area contributed by atoms with Crippen LogP contribution in [-0.2, 0) is 0 Å². The van der Waals surface area contributed by atoms with Crippen LogP contribution in [0.2, 0.25) is 0 Å². The van der Waals surface area contributed by atoms with E-state index in [0.29, 0.717) is 17.1 Å². The summed E-state index contributed by atoms with van der Waals surface area (Å²) in [4.78, 5) is 13.6. The number of benzene rings is 1. The molecule has 1 amide bonds. The lowest BCUT2D eigenvalue weighted by Crippen LogP contribution is -2.29. The molecule has 1 aromatic rings. The monoisotopic (exact) mass is 267 g/mol. The molecule has 0 unspecified atom stereocenters. The van der Waals surface area contributed by atoms with Gasteiger partial charge >= 0.3 is 0 Å². The van der Waals surface area contributed by atoms with Crippen molar-refractivity contribution < 1.29 is 24.5 Å². The van der Waals surface area contributed by atoms with Crippen LogP contribution in [0.1, 0.15) is 10.4 Å². The maximum atomic E-state index is 12.2. The van der Waals surface area contributed by atoms with Crippen molar-refractivity contribution in [2.24, 2.45) is 0 Å². The highest BCUT2D eigenvalue weighted by molar-refractivity contribution is 5.95. The minimum atomic E-state index is -0.885. The number of hydrogen-bond acceptors (Lipinski definition) is 5. The lowest BCUT2D eigenvalue weighted by atomic mass is 10.1. The number of methoxy groups -OCH3 is 2. The summed E-state index contributed by atoms with van der Waals surface area (Å²) in [6, 6.07) is 4.86. The Kier molecular flexibility index (Phi) is 3.92. The molecule has 0 spiro atoms. The molecule has 1 saturated heterocycles. The van der Waals surface area contributed by atoms with Gasteiger partial charge in [0.15, 0.2) is 11.5 Å². The first-order valence-corrected chi connectivity index (χ1v) is 5.94. The second-order valence-electron chi connectivity index (χ2n) is 4.41. The molecule has 0 aliphatic carbocycles. The van der Waals surface area contributed by atoms with Gasteiger partial charge in [0.2, 0.25) is 0 Å². The molecule has 2 atom stereocenters. The minimum Gasteiger partial charge on any atom is -0.493 e. The second-order valence-corrected chi connectivity index (χ2v) is 4.41. The third-order valence-electron chi connectivity index (χ3n) is 3.18. The molecule has 19 heavy (non-hydrogen) atoms. The van der Waals surface area contributed by atoms with Crippen LogP contribution < -0.4 is 9.47 Å². The Morgan fingerprint density at radius 1 is 1.16 bits per heavy atom. The molecule has 0 aromatic heterocycles. The molecule has 1 fully saturated rings. The van der Waals surface area contributed by atoms with E-state index >= 15 is 0 Å². The molecule has 6 heteroatoms. The van der Waals surface area contributed by atoms with Crippen molar-refractivity contribution in [2.45, 2.75) is 12.2 Å². The maximum Gasteiger partial charge on any atom is 0.254 e. The lowest BCUT2D eigenvalue weighted by molar-refractivity contribution is 0.0572. The zero-order valence-electron chi connectivity index (χ0n) is 10.9. The lowest BCUT2D eigenvalue weighted by Gasteiger charge is -2.16. The third kappa shape index (κ3) is 2.64. The number of carbonyl (C=O) groups is 1. The van der Waals surface area contributed by atoms with Crippen LogP contribution in [0.15, 0.2) is 18.2 Å². The summed E-state index contributed by atoms with van der Waals surface area (Å²) in [5, 5.41) is 18.9. The van der Waals surface area contributed by atoms with Crippen molar-refractivity contribution in [3.05, 3.63) is 23.8 Å². The Bertz CT molecular complexity index is 466. The maximum absolute atomic E-state index is 12.2. The molecule has 104 valence electrons. The van der Waals surface area contributed by atoms with Crippen LogP contribution in [-0.4, -0.2) is 60.5 Å². The predicted molar refractivity (Wildman–Crippen MR) is 67.5 cm³/mol. The van der Waals surface area contributed by atoms with E-state index in [0.717, 1.165) is 0 Å². The Labute approximate surface area is 111 Å². The Morgan fingerprint density at radius 3 is 2.26 bits per heavy atom. The number of amides is 1. The van der Waals surface area contributed by atoms with Crippen LogP contribution in [0.5, 0.6) is 11.5 Å². The summed E-state index contributed by atoms with van der Waals surface area (Å²) in [7, 11) is 3.02. The van der Waals surface area contributed by atoms with Gasteiger partial charge in [-0.3, -0.25) is 4.79 Å². The molecular formula is C13H17NO5. The molecule has 1 aromatic carbocycles. The Hall–Kier alpha value is -1.79. The minimum absolute atomic E-state index is 0.133. The zero-order valence-corrected chi connectivity index (χ0v) is 10.9. The highest BCUT2D eigenvalue weighted by atomic mass is 16.5. The predicted octanol–water partition coefficient (Wildman–Crippen LogP) is -0.119. The molecule has 0 bridgehead atoms. The van der Waals surface area contributed by atoms with Gasteiger partial charge in [0.1, 0.15) is 0 Å². The van der Waals surface area contributed by atoms with Crippen molar-refractivity contribution in [3.63, 3.8) is 0 Å². The van der Waals surface area contributed by atoms with Crippen molar-refractivity contribution >= 4 is 5.91 Å². The number of likely N-dealkylation sites (tertiary alicyclic amines) is 1. The van der Waals surface area contributed by atoms with Crippen molar-refractivity contribution in [3.8, 4) is 11.5 Å². The summed E-state index contributed by atoms with van der Waals surface area (Å²) in [6.07, 6.45) is -1.77. The first-order chi connectivity index (χ1) is 9.06. The number of nitrogens with zero attached hydrogens (tertiary/aromatic N) is 1. The number of ether oxygens (including phenoxy) is 2. The van der Waals surface area contributed by atoms with Crippen molar-refractivity contribution in [1.29, 1.82) is 0 Å². The average molecular weight is 267 g/mol. The van der Waals surface area contributed by atoms with Crippen molar-refractivity contribution in [1.82, 2.24) is 4.90 Å². The van der Waals surface area contributed by atoms with E-state index in [9.17, 15) is 15.0 Å².